The third-order valence-electron chi connectivity index (χ3n) is 6.23. The number of aryl methyl sites for hydroxylation is 3. The van der Waals surface area contributed by atoms with E-state index < -0.39 is 11.8 Å². The smallest absolute Gasteiger partial charge is 0.303 e. The monoisotopic (exact) mass is 494 g/mol. The number of hydrogen-bond donors (Lipinski definition) is 1. The van der Waals surface area contributed by atoms with E-state index in [4.69, 9.17) is 14.6 Å². The average molecular weight is 495 g/mol. The number of aliphatic carboxylic acids is 1. The summed E-state index contributed by atoms with van der Waals surface area (Å²) in [6, 6.07) is 17.0. The van der Waals surface area contributed by atoms with Crippen molar-refractivity contribution < 1.29 is 23.8 Å². The van der Waals surface area contributed by atoms with Crippen LogP contribution in [-0.4, -0.2) is 28.7 Å². The lowest BCUT2D eigenvalue weighted by Gasteiger charge is -2.24. The first-order valence-corrected chi connectivity index (χ1v) is 13.1. The summed E-state index contributed by atoms with van der Waals surface area (Å²) in [6.45, 7) is 4.54. The van der Waals surface area contributed by atoms with Crippen molar-refractivity contribution in [2.24, 2.45) is 0 Å². The van der Waals surface area contributed by atoms with E-state index in [2.05, 4.69) is 38.1 Å². The van der Waals surface area contributed by atoms with Crippen LogP contribution in [0.5, 0.6) is 11.5 Å². The molecule has 184 valence electrons. The fraction of sp³-hybridized carbons (Fsp3) is 0.345. The fourth-order valence-corrected chi connectivity index (χ4v) is 5.54. The maximum Gasteiger partial charge on any atom is 0.303 e. The molecule has 1 aliphatic heterocycles. The molecule has 0 aliphatic carbocycles. The molecule has 0 saturated carbocycles. The molecule has 1 aliphatic rings. The summed E-state index contributed by atoms with van der Waals surface area (Å²) in [7, 11) is 0. The summed E-state index contributed by atoms with van der Waals surface area (Å²) in [5.41, 5.74) is 5.99. The van der Waals surface area contributed by atoms with Gasteiger partial charge < -0.3 is 14.6 Å². The second kappa shape index (κ2) is 11.6. The van der Waals surface area contributed by atoms with Crippen molar-refractivity contribution >= 4 is 17.7 Å². The van der Waals surface area contributed by atoms with Crippen molar-refractivity contribution in [1.29, 1.82) is 0 Å². The van der Waals surface area contributed by atoms with Crippen LogP contribution < -0.4 is 9.47 Å². The Bertz CT molecular complexity index is 1160. The highest BCUT2D eigenvalue weighted by molar-refractivity contribution is 7.99. The number of benzene rings is 3. The van der Waals surface area contributed by atoms with Crippen LogP contribution in [0.15, 0.2) is 54.6 Å². The molecule has 4 rings (SSSR count). The first-order valence-electron chi connectivity index (χ1n) is 12.0. The summed E-state index contributed by atoms with van der Waals surface area (Å²) >= 11 is 1.99. The number of ether oxygens (including phenoxy) is 2. The topological polar surface area (TPSA) is 55.8 Å². The molecule has 35 heavy (non-hydrogen) atoms. The van der Waals surface area contributed by atoms with Crippen LogP contribution in [-0.2, 0) is 17.8 Å². The van der Waals surface area contributed by atoms with Gasteiger partial charge in [0.2, 0.25) is 0 Å². The number of rotatable bonds is 9. The van der Waals surface area contributed by atoms with Crippen LogP contribution in [0.25, 0.3) is 11.1 Å². The molecule has 0 amide bonds. The van der Waals surface area contributed by atoms with Crippen molar-refractivity contribution in [1.82, 2.24) is 0 Å². The van der Waals surface area contributed by atoms with Gasteiger partial charge in [-0.25, -0.2) is 4.39 Å². The Labute approximate surface area is 210 Å². The van der Waals surface area contributed by atoms with Crippen LogP contribution in [0, 0.1) is 19.7 Å². The van der Waals surface area contributed by atoms with Gasteiger partial charge in [-0.2, -0.15) is 11.8 Å². The normalized spacial score (nSPS) is 14.0. The third kappa shape index (κ3) is 6.79. The minimum atomic E-state index is -0.944. The standard InChI is InChI=1S/C29H31FO4S/c1-19-14-26(34-24-10-12-35-13-11-24)15-20(2)29(19)23-5-3-4-21(16-23)18-33-25-8-6-22(27(30)17-25)7-9-28(31)32/h3-6,8,14-17,24H,7,9-13,18H2,1-2H3,(H,31,32). The maximum absolute atomic E-state index is 14.3. The van der Waals surface area contributed by atoms with E-state index in [0.29, 0.717) is 24.0 Å². The van der Waals surface area contributed by atoms with Gasteiger partial charge in [0.05, 0.1) is 0 Å². The van der Waals surface area contributed by atoms with Gasteiger partial charge >= 0.3 is 5.97 Å². The van der Waals surface area contributed by atoms with Gasteiger partial charge in [0.1, 0.15) is 30.0 Å². The second-order valence-electron chi connectivity index (χ2n) is 9.00. The van der Waals surface area contributed by atoms with Gasteiger partial charge in [-0.3, -0.25) is 4.79 Å². The van der Waals surface area contributed by atoms with Gasteiger partial charge in [0.25, 0.3) is 0 Å². The van der Waals surface area contributed by atoms with E-state index in [0.717, 1.165) is 41.2 Å². The van der Waals surface area contributed by atoms with Crippen molar-refractivity contribution in [3.05, 3.63) is 82.7 Å². The molecule has 1 heterocycles. The van der Waals surface area contributed by atoms with Crippen molar-refractivity contribution in [3.63, 3.8) is 0 Å². The Morgan fingerprint density at radius 2 is 1.77 bits per heavy atom. The molecule has 4 nitrogen and oxygen atoms in total. The van der Waals surface area contributed by atoms with Crippen molar-refractivity contribution in [2.75, 3.05) is 11.5 Å². The van der Waals surface area contributed by atoms with Gasteiger partial charge in [-0.05, 0) is 102 Å². The summed E-state index contributed by atoms with van der Waals surface area (Å²) in [4.78, 5) is 10.7. The Balaban J connectivity index is 1.44. The maximum atomic E-state index is 14.3. The Morgan fingerprint density at radius 1 is 1.03 bits per heavy atom. The Morgan fingerprint density at radius 3 is 2.46 bits per heavy atom. The van der Waals surface area contributed by atoms with Crippen LogP contribution in [0.4, 0.5) is 4.39 Å². The zero-order chi connectivity index (χ0) is 24.8. The van der Waals surface area contributed by atoms with Crippen LogP contribution >= 0.6 is 11.8 Å². The van der Waals surface area contributed by atoms with E-state index in [1.165, 1.54) is 22.8 Å². The average Bonchev–Trinajstić information content (AvgIpc) is 2.82. The highest BCUT2D eigenvalue weighted by Crippen LogP contribution is 2.33. The molecular weight excluding hydrogens is 463 g/mol. The summed E-state index contributed by atoms with van der Waals surface area (Å²) in [6.07, 6.45) is 2.56. The molecule has 3 aromatic carbocycles. The molecular formula is C29H31FO4S. The minimum Gasteiger partial charge on any atom is -0.490 e. The van der Waals surface area contributed by atoms with Crippen LogP contribution in [0.3, 0.4) is 0 Å². The summed E-state index contributed by atoms with van der Waals surface area (Å²) < 4.78 is 26.4. The zero-order valence-corrected chi connectivity index (χ0v) is 21.0. The highest BCUT2D eigenvalue weighted by Gasteiger charge is 2.17. The molecule has 1 N–H and O–H groups in total. The van der Waals surface area contributed by atoms with E-state index in [-0.39, 0.29) is 12.8 Å². The zero-order valence-electron chi connectivity index (χ0n) is 20.2. The van der Waals surface area contributed by atoms with E-state index in [1.807, 2.05) is 23.9 Å². The SMILES string of the molecule is Cc1cc(OC2CCSCC2)cc(C)c1-c1cccc(COc2ccc(CCC(=O)O)c(F)c2)c1. The van der Waals surface area contributed by atoms with Gasteiger partial charge in [0.15, 0.2) is 0 Å². The number of hydrogen-bond acceptors (Lipinski definition) is 4. The summed E-state index contributed by atoms with van der Waals surface area (Å²) in [5, 5.41) is 8.80. The molecule has 0 unspecified atom stereocenters. The molecule has 1 saturated heterocycles. The highest BCUT2D eigenvalue weighted by atomic mass is 32.2. The second-order valence-corrected chi connectivity index (χ2v) is 10.2. The predicted molar refractivity (Wildman–Crippen MR) is 139 cm³/mol. The van der Waals surface area contributed by atoms with Crippen LogP contribution in [0.1, 0.15) is 41.5 Å². The van der Waals surface area contributed by atoms with Gasteiger partial charge in [-0.15, -0.1) is 0 Å². The molecule has 0 aromatic heterocycles. The van der Waals surface area contributed by atoms with Gasteiger partial charge in [0, 0.05) is 12.5 Å². The number of halogens is 1. The van der Waals surface area contributed by atoms with E-state index >= 15 is 0 Å². The predicted octanol–water partition coefficient (Wildman–Crippen LogP) is 6.98. The number of carboxylic acid groups (broad SMARTS) is 1. The van der Waals surface area contributed by atoms with Crippen molar-refractivity contribution in [3.8, 4) is 22.6 Å². The number of carbonyl (C=O) groups is 1. The third-order valence-corrected chi connectivity index (χ3v) is 7.28. The Kier molecular flexibility index (Phi) is 8.34. The number of thioether (sulfide) groups is 1. The molecule has 6 heteroatoms. The first kappa shape index (κ1) is 25.1. The lowest BCUT2D eigenvalue weighted by atomic mass is 9.94. The molecule has 3 aromatic rings. The largest absolute Gasteiger partial charge is 0.490 e. The quantitative estimate of drug-likeness (QED) is 0.348. The molecule has 1 fully saturated rings. The van der Waals surface area contributed by atoms with E-state index in [1.54, 1.807) is 12.1 Å². The summed E-state index contributed by atoms with van der Waals surface area (Å²) in [5.74, 6) is 2.29. The van der Waals surface area contributed by atoms with E-state index in [9.17, 15) is 9.18 Å². The molecule has 0 bridgehead atoms. The lowest BCUT2D eigenvalue weighted by Crippen LogP contribution is -2.22. The molecule has 0 atom stereocenters. The fourth-order valence-electron chi connectivity index (χ4n) is 4.48. The van der Waals surface area contributed by atoms with Crippen molar-refractivity contribution in [2.45, 2.75) is 52.2 Å². The lowest BCUT2D eigenvalue weighted by molar-refractivity contribution is -0.136. The van der Waals surface area contributed by atoms with Crippen LogP contribution in [0.2, 0.25) is 0 Å². The first-order chi connectivity index (χ1) is 16.9. The molecule has 0 radical (unpaired) electrons. The molecule has 0 spiro atoms. The Hall–Kier alpha value is -2.99. The number of carboxylic acids is 1. The minimum absolute atomic E-state index is 0.102. The van der Waals surface area contributed by atoms with Gasteiger partial charge in [-0.1, -0.05) is 24.3 Å².